The fourth-order valence-electron chi connectivity index (χ4n) is 1.12. The fraction of sp³-hybridized carbons (Fsp3) is 0.727. The van der Waals surface area contributed by atoms with Gasteiger partial charge in [-0.2, -0.15) is 0 Å². The number of carbonyl (C=O) groups excluding carboxylic acids is 2. The largest absolute Gasteiger partial charge is 0.480 e. The second-order valence-electron chi connectivity index (χ2n) is 3.82. The lowest BCUT2D eigenvalue weighted by Crippen LogP contribution is -2.43. The summed E-state index contributed by atoms with van der Waals surface area (Å²) in [5.74, 6) is -2.20. The van der Waals surface area contributed by atoms with E-state index in [0.29, 0.717) is 6.42 Å². The van der Waals surface area contributed by atoms with Crippen LogP contribution in [-0.2, 0) is 19.1 Å². The van der Waals surface area contributed by atoms with Gasteiger partial charge in [0.1, 0.15) is 6.04 Å². The second kappa shape index (κ2) is 7.65. The third-order valence-electron chi connectivity index (χ3n) is 2.54. The first-order valence-corrected chi connectivity index (χ1v) is 5.52. The Hall–Kier alpha value is -1.59. The maximum absolute atomic E-state index is 11.5. The number of rotatable bonds is 7. The summed E-state index contributed by atoms with van der Waals surface area (Å²) in [7, 11) is 1.23. The molecule has 0 bridgehead atoms. The maximum Gasteiger partial charge on any atom is 0.326 e. The quantitative estimate of drug-likeness (QED) is 0.639. The average molecular weight is 245 g/mol. The number of amides is 1. The molecule has 0 aliphatic heterocycles. The molecular formula is C11H19NO5. The van der Waals surface area contributed by atoms with E-state index in [1.54, 1.807) is 6.92 Å². The van der Waals surface area contributed by atoms with Crippen molar-refractivity contribution < 1.29 is 24.2 Å². The SMILES string of the molecule is CCC(C)C(=O)NC(CCC(=O)OC)C(=O)O. The smallest absolute Gasteiger partial charge is 0.326 e. The molecule has 0 saturated carbocycles. The van der Waals surface area contributed by atoms with Crippen molar-refractivity contribution in [3.63, 3.8) is 0 Å². The minimum absolute atomic E-state index is 0.0319. The highest BCUT2D eigenvalue weighted by Crippen LogP contribution is 2.04. The predicted octanol–water partition coefficient (Wildman–Crippen LogP) is 0.555. The summed E-state index contributed by atoms with van der Waals surface area (Å²) in [6.45, 7) is 3.56. The molecule has 2 unspecified atom stereocenters. The van der Waals surface area contributed by atoms with Crippen LogP contribution in [0.5, 0.6) is 0 Å². The molecule has 6 heteroatoms. The van der Waals surface area contributed by atoms with Crippen LogP contribution in [0.15, 0.2) is 0 Å². The standard InChI is InChI=1S/C11H19NO5/c1-4-7(2)10(14)12-8(11(15)16)5-6-9(13)17-3/h7-8H,4-6H2,1-3H3,(H,12,14)(H,15,16). The molecule has 0 aromatic heterocycles. The molecule has 0 spiro atoms. The van der Waals surface area contributed by atoms with Crippen molar-refractivity contribution in [2.45, 2.75) is 39.2 Å². The van der Waals surface area contributed by atoms with Crippen LogP contribution in [0.3, 0.4) is 0 Å². The third kappa shape index (κ3) is 5.89. The number of hydrogen-bond acceptors (Lipinski definition) is 4. The van der Waals surface area contributed by atoms with E-state index in [9.17, 15) is 14.4 Å². The Labute approximate surface area is 100 Å². The molecule has 0 saturated heterocycles. The molecule has 0 fully saturated rings. The van der Waals surface area contributed by atoms with Crippen LogP contribution in [0.1, 0.15) is 33.1 Å². The molecule has 0 heterocycles. The maximum atomic E-state index is 11.5. The van der Waals surface area contributed by atoms with Crippen molar-refractivity contribution in [1.29, 1.82) is 0 Å². The van der Waals surface area contributed by atoms with Crippen molar-refractivity contribution in [1.82, 2.24) is 5.32 Å². The van der Waals surface area contributed by atoms with Gasteiger partial charge in [0.2, 0.25) is 5.91 Å². The normalized spacial score (nSPS) is 13.6. The number of ether oxygens (including phenoxy) is 1. The number of carboxylic acid groups (broad SMARTS) is 1. The Morgan fingerprint density at radius 2 is 1.94 bits per heavy atom. The summed E-state index contributed by atoms with van der Waals surface area (Å²) >= 11 is 0. The van der Waals surface area contributed by atoms with E-state index in [0.717, 1.165) is 0 Å². The predicted molar refractivity (Wildman–Crippen MR) is 60.3 cm³/mol. The van der Waals surface area contributed by atoms with E-state index in [-0.39, 0.29) is 24.7 Å². The molecule has 17 heavy (non-hydrogen) atoms. The molecule has 0 rings (SSSR count). The zero-order valence-electron chi connectivity index (χ0n) is 10.4. The highest BCUT2D eigenvalue weighted by Gasteiger charge is 2.23. The summed E-state index contributed by atoms with van der Waals surface area (Å²) in [6, 6.07) is -1.05. The molecule has 0 aliphatic rings. The zero-order chi connectivity index (χ0) is 13.4. The summed E-state index contributed by atoms with van der Waals surface area (Å²) in [4.78, 5) is 33.3. The zero-order valence-corrected chi connectivity index (χ0v) is 10.4. The number of aliphatic carboxylic acids is 1. The van der Waals surface area contributed by atoms with E-state index in [1.807, 2.05) is 6.92 Å². The Morgan fingerprint density at radius 3 is 2.35 bits per heavy atom. The minimum atomic E-state index is -1.15. The van der Waals surface area contributed by atoms with E-state index in [4.69, 9.17) is 5.11 Å². The molecule has 98 valence electrons. The first-order chi connectivity index (χ1) is 7.92. The van der Waals surface area contributed by atoms with E-state index in [1.165, 1.54) is 7.11 Å². The van der Waals surface area contributed by atoms with Crippen LogP contribution in [-0.4, -0.2) is 36.1 Å². The third-order valence-corrected chi connectivity index (χ3v) is 2.54. The molecule has 0 radical (unpaired) electrons. The lowest BCUT2D eigenvalue weighted by atomic mass is 10.1. The van der Waals surface area contributed by atoms with Crippen LogP contribution >= 0.6 is 0 Å². The highest BCUT2D eigenvalue weighted by molar-refractivity contribution is 5.85. The number of carbonyl (C=O) groups is 3. The number of methoxy groups -OCH3 is 1. The van der Waals surface area contributed by atoms with Crippen LogP contribution in [0, 0.1) is 5.92 Å². The van der Waals surface area contributed by atoms with Gasteiger partial charge in [-0.25, -0.2) is 4.79 Å². The van der Waals surface area contributed by atoms with Gasteiger partial charge in [0.05, 0.1) is 7.11 Å². The highest BCUT2D eigenvalue weighted by atomic mass is 16.5. The van der Waals surface area contributed by atoms with Crippen LogP contribution in [0.25, 0.3) is 0 Å². The molecule has 1 amide bonds. The minimum Gasteiger partial charge on any atom is -0.480 e. The fourth-order valence-corrected chi connectivity index (χ4v) is 1.12. The van der Waals surface area contributed by atoms with Gasteiger partial charge in [0, 0.05) is 12.3 Å². The topological polar surface area (TPSA) is 92.7 Å². The van der Waals surface area contributed by atoms with Gasteiger partial charge in [-0.15, -0.1) is 0 Å². The van der Waals surface area contributed by atoms with Gasteiger partial charge in [-0.3, -0.25) is 9.59 Å². The number of carboxylic acids is 1. The summed E-state index contributed by atoms with van der Waals surface area (Å²) < 4.78 is 4.41. The van der Waals surface area contributed by atoms with E-state index in [2.05, 4.69) is 10.1 Å². The van der Waals surface area contributed by atoms with Crippen LogP contribution in [0.4, 0.5) is 0 Å². The summed E-state index contributed by atoms with van der Waals surface area (Å²) in [5.41, 5.74) is 0. The number of esters is 1. The lowest BCUT2D eigenvalue weighted by Gasteiger charge is -2.16. The van der Waals surface area contributed by atoms with Crippen molar-refractivity contribution in [3.8, 4) is 0 Å². The van der Waals surface area contributed by atoms with Crippen molar-refractivity contribution in [3.05, 3.63) is 0 Å². The van der Waals surface area contributed by atoms with E-state index >= 15 is 0 Å². The molecular weight excluding hydrogens is 226 g/mol. The molecule has 0 aromatic rings. The van der Waals surface area contributed by atoms with Gasteiger partial charge in [-0.1, -0.05) is 13.8 Å². The average Bonchev–Trinajstić information content (AvgIpc) is 2.31. The Bertz CT molecular complexity index is 290. The Balaban J connectivity index is 4.30. The molecule has 2 N–H and O–H groups in total. The Kier molecular flexibility index (Phi) is 6.93. The number of hydrogen-bond donors (Lipinski definition) is 2. The van der Waals surface area contributed by atoms with Gasteiger partial charge in [-0.05, 0) is 12.8 Å². The van der Waals surface area contributed by atoms with Gasteiger partial charge < -0.3 is 15.2 Å². The van der Waals surface area contributed by atoms with Gasteiger partial charge in [0.25, 0.3) is 0 Å². The van der Waals surface area contributed by atoms with Crippen molar-refractivity contribution in [2.24, 2.45) is 5.92 Å². The van der Waals surface area contributed by atoms with Crippen LogP contribution < -0.4 is 5.32 Å². The lowest BCUT2D eigenvalue weighted by molar-refractivity contribution is -0.144. The van der Waals surface area contributed by atoms with Gasteiger partial charge >= 0.3 is 11.9 Å². The monoisotopic (exact) mass is 245 g/mol. The number of nitrogens with one attached hydrogen (secondary N) is 1. The summed E-state index contributed by atoms with van der Waals surface area (Å²) in [6.07, 6.45) is 0.633. The molecule has 6 nitrogen and oxygen atoms in total. The first-order valence-electron chi connectivity index (χ1n) is 5.52. The first kappa shape index (κ1) is 15.4. The van der Waals surface area contributed by atoms with E-state index < -0.39 is 18.0 Å². The van der Waals surface area contributed by atoms with Crippen molar-refractivity contribution in [2.75, 3.05) is 7.11 Å². The van der Waals surface area contributed by atoms with Crippen molar-refractivity contribution >= 4 is 17.8 Å². The molecule has 0 aromatic carbocycles. The summed E-state index contributed by atoms with van der Waals surface area (Å²) in [5, 5.41) is 11.3. The molecule has 2 atom stereocenters. The second-order valence-corrected chi connectivity index (χ2v) is 3.82. The van der Waals surface area contributed by atoms with Crippen LogP contribution in [0.2, 0.25) is 0 Å². The van der Waals surface area contributed by atoms with Gasteiger partial charge in [0.15, 0.2) is 0 Å². The molecule has 0 aliphatic carbocycles. The Morgan fingerprint density at radius 1 is 1.35 bits per heavy atom.